The Morgan fingerprint density at radius 1 is 1.40 bits per heavy atom. The van der Waals surface area contributed by atoms with Gasteiger partial charge < -0.3 is 0 Å². The summed E-state index contributed by atoms with van der Waals surface area (Å²) in [4.78, 5) is 10.2. The topological polar surface area (TPSA) is 32.7 Å². The minimum Gasteiger partial charge on any atom is -0.253 e. The maximum Gasteiger partial charge on any atom is 0.0683 e. The van der Waals surface area contributed by atoms with Crippen LogP contribution in [0.15, 0.2) is 17.4 Å². The Kier molecular flexibility index (Phi) is 1.22. The van der Waals surface area contributed by atoms with E-state index in [1.54, 1.807) is 5.01 Å². The second-order valence-electron chi connectivity index (χ2n) is 2.99. The normalized spacial score (nSPS) is 36.6. The Morgan fingerprint density at radius 2 is 2.30 bits per heavy atom. The number of hydrogen-bond acceptors (Lipinski definition) is 2. The third-order valence-corrected chi connectivity index (χ3v) is 2.35. The third kappa shape index (κ3) is 0.735. The third-order valence-electron chi connectivity index (χ3n) is 2.35. The van der Waals surface area contributed by atoms with Crippen LogP contribution in [-0.2, 0) is 0 Å². The van der Waals surface area contributed by atoms with Gasteiger partial charge in [0.15, 0.2) is 0 Å². The highest BCUT2D eigenvalue weighted by Crippen LogP contribution is 2.28. The lowest BCUT2D eigenvalue weighted by Crippen LogP contribution is -2.41. The minimum absolute atomic E-state index is 0.308. The van der Waals surface area contributed by atoms with Gasteiger partial charge in [0.25, 0.3) is 0 Å². The molecule has 2 aliphatic heterocycles. The summed E-state index contributed by atoms with van der Waals surface area (Å²) in [6, 6.07) is 0.308. The van der Waals surface area contributed by atoms with E-state index in [9.17, 15) is 4.91 Å². The monoisotopic (exact) mass is 138 g/mol. The van der Waals surface area contributed by atoms with Crippen molar-refractivity contribution in [2.75, 3.05) is 6.54 Å². The minimum atomic E-state index is 0.308. The van der Waals surface area contributed by atoms with E-state index < -0.39 is 0 Å². The molecule has 0 aromatic carbocycles. The predicted octanol–water partition coefficient (Wildman–Crippen LogP) is 1.32. The van der Waals surface area contributed by atoms with Gasteiger partial charge in [-0.25, -0.2) is 0 Å². The second-order valence-corrected chi connectivity index (χ2v) is 2.99. The fourth-order valence-electron chi connectivity index (χ4n) is 1.73. The van der Waals surface area contributed by atoms with Crippen molar-refractivity contribution in [3.05, 3.63) is 17.1 Å². The highest BCUT2D eigenvalue weighted by molar-refractivity contribution is 5.07. The fraction of sp³-hybridized carbons (Fsp3) is 0.714. The maximum atomic E-state index is 10.2. The zero-order valence-electron chi connectivity index (χ0n) is 5.73. The van der Waals surface area contributed by atoms with Crippen LogP contribution in [0.2, 0.25) is 0 Å². The molecule has 0 radical (unpaired) electrons. The lowest BCUT2D eigenvalue weighted by molar-refractivity contribution is 0.140. The molecular weight excluding hydrogens is 128 g/mol. The molecule has 2 heterocycles. The van der Waals surface area contributed by atoms with Gasteiger partial charge >= 0.3 is 0 Å². The van der Waals surface area contributed by atoms with Gasteiger partial charge in [0.2, 0.25) is 0 Å². The van der Waals surface area contributed by atoms with E-state index in [-0.39, 0.29) is 0 Å². The van der Waals surface area contributed by atoms with E-state index in [4.69, 9.17) is 0 Å². The van der Waals surface area contributed by atoms with Crippen LogP contribution in [0.25, 0.3) is 0 Å². The lowest BCUT2D eigenvalue weighted by atomic mass is 9.87. The van der Waals surface area contributed by atoms with Crippen LogP contribution in [0.3, 0.4) is 0 Å². The van der Waals surface area contributed by atoms with Crippen molar-refractivity contribution < 1.29 is 0 Å². The zero-order chi connectivity index (χ0) is 6.97. The first-order chi connectivity index (χ1) is 4.90. The molecule has 3 heteroatoms. The molecule has 1 saturated heterocycles. The SMILES string of the molecule is O=NN1C[C@H]2C=C[C@@H]1CC2. The Morgan fingerprint density at radius 3 is 2.60 bits per heavy atom. The molecule has 0 aromatic rings. The van der Waals surface area contributed by atoms with Crippen molar-refractivity contribution in [1.29, 1.82) is 0 Å². The van der Waals surface area contributed by atoms with Gasteiger partial charge in [0, 0.05) is 6.54 Å². The summed E-state index contributed by atoms with van der Waals surface area (Å²) in [5, 5.41) is 4.61. The molecule has 10 heavy (non-hydrogen) atoms. The van der Waals surface area contributed by atoms with E-state index in [0.29, 0.717) is 12.0 Å². The first-order valence-electron chi connectivity index (χ1n) is 3.68. The Hall–Kier alpha value is -0.860. The van der Waals surface area contributed by atoms with Crippen LogP contribution >= 0.6 is 0 Å². The van der Waals surface area contributed by atoms with Crippen LogP contribution < -0.4 is 0 Å². The van der Waals surface area contributed by atoms with Crippen LogP contribution in [0.4, 0.5) is 0 Å². The number of piperidine rings is 1. The summed E-state index contributed by atoms with van der Waals surface area (Å²) < 4.78 is 0. The molecule has 0 amide bonds. The van der Waals surface area contributed by atoms with Crippen LogP contribution in [0.5, 0.6) is 0 Å². The molecule has 3 rings (SSSR count). The van der Waals surface area contributed by atoms with Gasteiger partial charge in [-0.1, -0.05) is 12.2 Å². The lowest BCUT2D eigenvalue weighted by Gasteiger charge is -2.36. The van der Waals surface area contributed by atoms with Crippen molar-refractivity contribution >= 4 is 0 Å². The molecule has 2 bridgehead atoms. The van der Waals surface area contributed by atoms with E-state index in [0.717, 1.165) is 13.0 Å². The fourth-order valence-corrected chi connectivity index (χ4v) is 1.73. The first kappa shape index (κ1) is 5.89. The molecule has 1 fully saturated rings. The van der Waals surface area contributed by atoms with E-state index >= 15 is 0 Å². The first-order valence-corrected chi connectivity index (χ1v) is 3.68. The van der Waals surface area contributed by atoms with Gasteiger partial charge in [-0.15, -0.1) is 4.91 Å². The summed E-state index contributed by atoms with van der Waals surface area (Å²) in [5.41, 5.74) is 0. The Balaban J connectivity index is 2.18. The summed E-state index contributed by atoms with van der Waals surface area (Å²) in [6.45, 7) is 0.838. The summed E-state index contributed by atoms with van der Waals surface area (Å²) in [7, 11) is 0. The van der Waals surface area contributed by atoms with Gasteiger partial charge in [0.05, 0.1) is 11.3 Å². The van der Waals surface area contributed by atoms with Crippen molar-refractivity contribution in [3.63, 3.8) is 0 Å². The smallest absolute Gasteiger partial charge is 0.0683 e. The van der Waals surface area contributed by atoms with E-state index in [1.165, 1.54) is 6.42 Å². The molecule has 3 aliphatic rings. The van der Waals surface area contributed by atoms with Crippen LogP contribution in [0.1, 0.15) is 12.8 Å². The van der Waals surface area contributed by atoms with Gasteiger partial charge in [-0.05, 0) is 18.8 Å². The number of nitroso groups, excluding NO2 is 1. The molecule has 54 valence electrons. The number of rotatable bonds is 1. The second kappa shape index (κ2) is 2.08. The number of hydrogen-bond donors (Lipinski definition) is 0. The quantitative estimate of drug-likeness (QED) is 0.404. The summed E-state index contributed by atoms with van der Waals surface area (Å²) in [6.07, 6.45) is 6.63. The van der Waals surface area contributed by atoms with Crippen LogP contribution in [0, 0.1) is 10.8 Å². The van der Waals surface area contributed by atoms with Gasteiger partial charge in [-0.2, -0.15) is 0 Å². The average molecular weight is 138 g/mol. The molecule has 1 aliphatic carbocycles. The average Bonchev–Trinajstić information content (AvgIpc) is 2.06. The largest absolute Gasteiger partial charge is 0.253 e. The Bertz CT molecular complexity index is 178. The highest BCUT2D eigenvalue weighted by Gasteiger charge is 2.29. The molecule has 2 atom stereocenters. The zero-order valence-corrected chi connectivity index (χ0v) is 5.73. The summed E-state index contributed by atoms with van der Waals surface area (Å²) in [5.74, 6) is 0.586. The van der Waals surface area contributed by atoms with Crippen molar-refractivity contribution in [3.8, 4) is 0 Å². The van der Waals surface area contributed by atoms with Crippen molar-refractivity contribution in [2.24, 2.45) is 11.2 Å². The molecule has 0 unspecified atom stereocenters. The summed E-state index contributed by atoms with van der Waals surface area (Å²) >= 11 is 0. The van der Waals surface area contributed by atoms with Crippen molar-refractivity contribution in [2.45, 2.75) is 18.9 Å². The molecule has 0 spiro atoms. The maximum absolute atomic E-state index is 10.2. The number of nitrogens with zero attached hydrogens (tertiary/aromatic N) is 2. The predicted molar refractivity (Wildman–Crippen MR) is 38.2 cm³/mol. The van der Waals surface area contributed by atoms with E-state index in [2.05, 4.69) is 17.4 Å². The molecule has 0 aromatic heterocycles. The molecular formula is C7H10N2O. The molecule has 0 saturated carbocycles. The highest BCUT2D eigenvalue weighted by atomic mass is 16.3. The number of fused-ring (bicyclic) bond motifs is 2. The Labute approximate surface area is 59.7 Å². The van der Waals surface area contributed by atoms with Crippen LogP contribution in [-0.4, -0.2) is 17.6 Å². The van der Waals surface area contributed by atoms with Crippen molar-refractivity contribution in [1.82, 2.24) is 5.01 Å². The van der Waals surface area contributed by atoms with E-state index in [1.807, 2.05) is 0 Å². The van der Waals surface area contributed by atoms with Gasteiger partial charge in [0.1, 0.15) is 0 Å². The standard InChI is InChI=1S/C7H10N2O/c10-8-9-5-6-1-3-7(9)4-2-6/h1,3,6-7H,2,4-5H2/t6-,7+/m0/s1. The molecule has 3 nitrogen and oxygen atoms in total. The molecule has 0 N–H and O–H groups in total. The van der Waals surface area contributed by atoms with Gasteiger partial charge in [-0.3, -0.25) is 5.01 Å².